The summed E-state index contributed by atoms with van der Waals surface area (Å²) in [4.78, 5) is 17.4. The van der Waals surface area contributed by atoms with Crippen molar-refractivity contribution >= 4 is 5.91 Å². The smallest absolute Gasteiger partial charge is 0.316 e. The van der Waals surface area contributed by atoms with Crippen LogP contribution in [0, 0.1) is 0 Å². The van der Waals surface area contributed by atoms with Crippen molar-refractivity contribution in [3.05, 3.63) is 24.1 Å². The number of quaternary nitrogens is 1. The molecule has 2 aromatic rings. The molecule has 0 saturated carbocycles. The summed E-state index contributed by atoms with van der Waals surface area (Å²) in [6.45, 7) is 1.76. The fourth-order valence-electron chi connectivity index (χ4n) is 2.19. The van der Waals surface area contributed by atoms with E-state index in [9.17, 15) is 4.79 Å². The summed E-state index contributed by atoms with van der Waals surface area (Å²) in [5.41, 5.74) is 0.702. The van der Waals surface area contributed by atoms with E-state index in [0.29, 0.717) is 29.4 Å². The quantitative estimate of drug-likeness (QED) is 0.712. The van der Waals surface area contributed by atoms with Gasteiger partial charge >= 0.3 is 11.8 Å². The highest BCUT2D eigenvalue weighted by Crippen LogP contribution is 2.35. The minimum atomic E-state index is -0.363. The number of ether oxygens (including phenoxy) is 2. The molecule has 1 aromatic heterocycles. The first-order valence-corrected chi connectivity index (χ1v) is 7.44. The Morgan fingerprint density at radius 1 is 1.30 bits per heavy atom. The Morgan fingerprint density at radius 3 is 2.96 bits per heavy atom. The SMILES string of the molecule is C[NH+](C)CCCNC(=O)c1nc(-c2ccc3c(c2)OCO3)no1. The van der Waals surface area contributed by atoms with Crippen LogP contribution in [0.5, 0.6) is 11.5 Å². The molecule has 0 fully saturated rings. The first-order valence-electron chi connectivity index (χ1n) is 7.44. The van der Waals surface area contributed by atoms with E-state index in [1.54, 1.807) is 18.2 Å². The number of carbonyl (C=O) groups is 1. The average molecular weight is 319 g/mol. The molecule has 8 nitrogen and oxygen atoms in total. The van der Waals surface area contributed by atoms with Gasteiger partial charge in [0.15, 0.2) is 11.5 Å². The number of benzene rings is 1. The van der Waals surface area contributed by atoms with Crippen LogP contribution in [0.1, 0.15) is 17.1 Å². The maximum absolute atomic E-state index is 12.0. The summed E-state index contributed by atoms with van der Waals surface area (Å²) in [6, 6.07) is 5.33. The molecule has 2 N–H and O–H groups in total. The summed E-state index contributed by atoms with van der Waals surface area (Å²) < 4.78 is 15.6. The molecule has 2 heterocycles. The van der Waals surface area contributed by atoms with Gasteiger partial charge in [-0.15, -0.1) is 0 Å². The Hall–Kier alpha value is -2.61. The molecular weight excluding hydrogens is 300 g/mol. The number of amides is 1. The Bertz CT molecular complexity index is 699. The fourth-order valence-corrected chi connectivity index (χ4v) is 2.19. The van der Waals surface area contributed by atoms with Gasteiger partial charge in [0, 0.05) is 18.5 Å². The minimum absolute atomic E-state index is 0.0464. The van der Waals surface area contributed by atoms with Gasteiger partial charge in [-0.2, -0.15) is 4.98 Å². The van der Waals surface area contributed by atoms with Crippen molar-refractivity contribution in [1.29, 1.82) is 0 Å². The molecule has 0 atom stereocenters. The van der Waals surface area contributed by atoms with E-state index < -0.39 is 0 Å². The van der Waals surface area contributed by atoms with Gasteiger partial charge in [0.2, 0.25) is 12.6 Å². The minimum Gasteiger partial charge on any atom is -0.454 e. The van der Waals surface area contributed by atoms with Crippen molar-refractivity contribution in [2.24, 2.45) is 0 Å². The second-order valence-corrected chi connectivity index (χ2v) is 5.56. The number of hydrogen-bond acceptors (Lipinski definition) is 6. The van der Waals surface area contributed by atoms with Crippen molar-refractivity contribution in [2.45, 2.75) is 6.42 Å². The number of rotatable bonds is 6. The van der Waals surface area contributed by atoms with Gasteiger partial charge in [0.05, 0.1) is 20.6 Å². The summed E-state index contributed by atoms with van der Waals surface area (Å²) in [7, 11) is 4.13. The fraction of sp³-hybridized carbons (Fsp3) is 0.400. The number of nitrogens with one attached hydrogen (secondary N) is 2. The second kappa shape index (κ2) is 6.66. The Morgan fingerprint density at radius 2 is 2.13 bits per heavy atom. The van der Waals surface area contributed by atoms with Crippen LogP contribution in [0.15, 0.2) is 22.7 Å². The number of nitrogens with zero attached hydrogens (tertiary/aromatic N) is 2. The highest BCUT2D eigenvalue weighted by molar-refractivity contribution is 5.89. The lowest BCUT2D eigenvalue weighted by Crippen LogP contribution is -3.05. The third-order valence-electron chi connectivity index (χ3n) is 3.39. The van der Waals surface area contributed by atoms with Crippen LogP contribution >= 0.6 is 0 Å². The summed E-state index contributed by atoms with van der Waals surface area (Å²) >= 11 is 0. The van der Waals surface area contributed by atoms with E-state index in [1.807, 2.05) is 0 Å². The normalized spacial score (nSPS) is 12.7. The first-order chi connectivity index (χ1) is 11.1. The van der Waals surface area contributed by atoms with E-state index in [2.05, 4.69) is 29.6 Å². The molecule has 3 rings (SSSR count). The molecule has 1 aromatic carbocycles. The predicted molar refractivity (Wildman–Crippen MR) is 80.5 cm³/mol. The van der Waals surface area contributed by atoms with Gasteiger partial charge in [0.1, 0.15) is 0 Å². The van der Waals surface area contributed by atoms with E-state index in [-0.39, 0.29) is 18.6 Å². The largest absolute Gasteiger partial charge is 0.454 e. The summed E-state index contributed by atoms with van der Waals surface area (Å²) in [5, 5.41) is 6.61. The number of hydrogen-bond donors (Lipinski definition) is 2. The van der Waals surface area contributed by atoms with Gasteiger partial charge in [-0.3, -0.25) is 4.79 Å². The lowest BCUT2D eigenvalue weighted by atomic mass is 10.2. The van der Waals surface area contributed by atoms with Crippen molar-refractivity contribution in [3.8, 4) is 22.9 Å². The monoisotopic (exact) mass is 319 g/mol. The standard InChI is InChI=1S/C15H18N4O4/c1-19(2)7-3-6-16-14(20)15-17-13(18-23-15)10-4-5-11-12(8-10)22-9-21-11/h4-5,8H,3,6-7,9H2,1-2H3,(H,16,20)/p+1. The second-order valence-electron chi connectivity index (χ2n) is 5.56. The third-order valence-corrected chi connectivity index (χ3v) is 3.39. The molecule has 0 unspecified atom stereocenters. The Labute approximate surface area is 133 Å². The zero-order valence-corrected chi connectivity index (χ0v) is 13.1. The molecule has 0 bridgehead atoms. The maximum atomic E-state index is 12.0. The van der Waals surface area contributed by atoms with E-state index >= 15 is 0 Å². The number of fused-ring (bicyclic) bond motifs is 1. The summed E-state index contributed by atoms with van der Waals surface area (Å²) in [5.74, 6) is 1.24. The molecule has 0 aliphatic carbocycles. The van der Waals surface area contributed by atoms with Gasteiger partial charge in [-0.05, 0) is 18.2 Å². The van der Waals surface area contributed by atoms with Crippen molar-refractivity contribution < 1.29 is 23.7 Å². The van der Waals surface area contributed by atoms with Crippen molar-refractivity contribution in [3.63, 3.8) is 0 Å². The zero-order chi connectivity index (χ0) is 16.2. The van der Waals surface area contributed by atoms with Crippen molar-refractivity contribution in [2.75, 3.05) is 34.0 Å². The Balaban J connectivity index is 1.62. The predicted octanol–water partition coefficient (Wildman–Crippen LogP) is -0.270. The van der Waals surface area contributed by atoms with Crippen LogP contribution in [0.3, 0.4) is 0 Å². The van der Waals surface area contributed by atoms with E-state index in [4.69, 9.17) is 14.0 Å². The van der Waals surface area contributed by atoms with Crippen molar-refractivity contribution in [1.82, 2.24) is 15.5 Å². The lowest BCUT2D eigenvalue weighted by Gasteiger charge is -2.06. The van der Waals surface area contributed by atoms with Crippen LogP contribution < -0.4 is 19.7 Å². The molecule has 8 heteroatoms. The van der Waals surface area contributed by atoms with Crippen LogP contribution in [-0.2, 0) is 0 Å². The number of carbonyl (C=O) groups excluding carboxylic acids is 1. The van der Waals surface area contributed by atoms with E-state index in [1.165, 1.54) is 4.90 Å². The topological polar surface area (TPSA) is 90.9 Å². The van der Waals surface area contributed by atoms with Crippen LogP contribution in [0.25, 0.3) is 11.4 Å². The van der Waals surface area contributed by atoms with E-state index in [0.717, 1.165) is 13.0 Å². The third kappa shape index (κ3) is 3.59. The van der Waals surface area contributed by atoms with Crippen LogP contribution in [0.4, 0.5) is 0 Å². The molecule has 1 amide bonds. The van der Waals surface area contributed by atoms with Gasteiger partial charge in [0.25, 0.3) is 0 Å². The molecule has 23 heavy (non-hydrogen) atoms. The highest BCUT2D eigenvalue weighted by Gasteiger charge is 2.19. The molecule has 1 aliphatic rings. The average Bonchev–Trinajstić information content (AvgIpc) is 3.18. The number of aromatic nitrogens is 2. The first kappa shape index (κ1) is 15.3. The zero-order valence-electron chi connectivity index (χ0n) is 13.1. The van der Waals surface area contributed by atoms with Gasteiger partial charge in [-0.25, -0.2) is 0 Å². The molecule has 0 saturated heterocycles. The Kier molecular flexibility index (Phi) is 4.42. The van der Waals surface area contributed by atoms with Crippen LogP contribution in [0.2, 0.25) is 0 Å². The van der Waals surface area contributed by atoms with Crippen LogP contribution in [-0.4, -0.2) is 50.0 Å². The molecule has 122 valence electrons. The molecular formula is C15H19N4O4+. The van der Waals surface area contributed by atoms with Gasteiger partial charge in [-0.1, -0.05) is 5.16 Å². The summed E-state index contributed by atoms with van der Waals surface area (Å²) in [6.07, 6.45) is 0.886. The maximum Gasteiger partial charge on any atom is 0.316 e. The molecule has 0 spiro atoms. The molecule has 0 radical (unpaired) electrons. The lowest BCUT2D eigenvalue weighted by molar-refractivity contribution is -0.858. The highest BCUT2D eigenvalue weighted by atomic mass is 16.7. The van der Waals surface area contributed by atoms with Gasteiger partial charge < -0.3 is 24.2 Å². The molecule has 1 aliphatic heterocycles.